The summed E-state index contributed by atoms with van der Waals surface area (Å²) in [6.45, 7) is 1.10. The highest BCUT2D eigenvalue weighted by molar-refractivity contribution is 7.91. The average molecular weight is 242 g/mol. The molecule has 4 nitrogen and oxygen atoms in total. The first-order chi connectivity index (χ1) is 7.62. The van der Waals surface area contributed by atoms with E-state index in [0.29, 0.717) is 23.9 Å². The topological polar surface area (TPSA) is 52.6 Å². The van der Waals surface area contributed by atoms with Crippen LogP contribution in [0.25, 0.3) is 0 Å². The SMILES string of the molecule is COc1ccc(S(=O)(=O)CC2COC2)cc1. The fraction of sp³-hybridized carbons (Fsp3) is 0.455. The molecule has 0 saturated carbocycles. The van der Waals surface area contributed by atoms with Crippen LogP contribution >= 0.6 is 0 Å². The van der Waals surface area contributed by atoms with Crippen molar-refractivity contribution in [3.8, 4) is 5.75 Å². The Morgan fingerprint density at radius 3 is 2.38 bits per heavy atom. The van der Waals surface area contributed by atoms with Crippen molar-refractivity contribution in [3.63, 3.8) is 0 Å². The molecule has 16 heavy (non-hydrogen) atoms. The maximum Gasteiger partial charge on any atom is 0.178 e. The Balaban J connectivity index is 2.14. The molecule has 1 aliphatic heterocycles. The predicted octanol–water partition coefficient (Wildman–Crippen LogP) is 1.12. The van der Waals surface area contributed by atoms with Crippen LogP contribution in [-0.4, -0.2) is 34.5 Å². The molecule has 0 aromatic heterocycles. The number of ether oxygens (including phenoxy) is 2. The van der Waals surface area contributed by atoms with Crippen molar-refractivity contribution in [1.82, 2.24) is 0 Å². The smallest absolute Gasteiger partial charge is 0.178 e. The van der Waals surface area contributed by atoms with Crippen LogP contribution in [0.4, 0.5) is 0 Å². The molecule has 0 spiro atoms. The summed E-state index contributed by atoms with van der Waals surface area (Å²) >= 11 is 0. The van der Waals surface area contributed by atoms with Crippen molar-refractivity contribution < 1.29 is 17.9 Å². The fourth-order valence-corrected chi connectivity index (χ4v) is 3.13. The lowest BCUT2D eigenvalue weighted by Crippen LogP contribution is -2.33. The Morgan fingerprint density at radius 2 is 1.94 bits per heavy atom. The minimum Gasteiger partial charge on any atom is -0.497 e. The highest BCUT2D eigenvalue weighted by Crippen LogP contribution is 2.21. The van der Waals surface area contributed by atoms with Crippen LogP contribution in [0.15, 0.2) is 29.2 Å². The monoisotopic (exact) mass is 242 g/mol. The van der Waals surface area contributed by atoms with Gasteiger partial charge in [0.05, 0.1) is 31.0 Å². The molecule has 0 radical (unpaired) electrons. The van der Waals surface area contributed by atoms with Crippen molar-refractivity contribution in [2.24, 2.45) is 5.92 Å². The Bertz CT molecular complexity index is 445. The molecule has 0 atom stereocenters. The first-order valence-electron chi connectivity index (χ1n) is 5.06. The lowest BCUT2D eigenvalue weighted by atomic mass is 10.1. The van der Waals surface area contributed by atoms with E-state index in [-0.39, 0.29) is 11.7 Å². The summed E-state index contributed by atoms with van der Waals surface area (Å²) in [5.74, 6) is 0.970. The lowest BCUT2D eigenvalue weighted by Gasteiger charge is -2.25. The van der Waals surface area contributed by atoms with Crippen molar-refractivity contribution in [2.45, 2.75) is 4.90 Å². The molecule has 1 fully saturated rings. The summed E-state index contributed by atoms with van der Waals surface area (Å²) in [6.07, 6.45) is 0. The van der Waals surface area contributed by atoms with Gasteiger partial charge in [0.1, 0.15) is 5.75 Å². The van der Waals surface area contributed by atoms with Gasteiger partial charge in [-0.2, -0.15) is 0 Å². The van der Waals surface area contributed by atoms with Gasteiger partial charge in [0.25, 0.3) is 0 Å². The second-order valence-corrected chi connectivity index (χ2v) is 5.89. The Morgan fingerprint density at radius 1 is 1.31 bits per heavy atom. The summed E-state index contributed by atoms with van der Waals surface area (Å²) < 4.78 is 33.8. The zero-order valence-electron chi connectivity index (χ0n) is 9.05. The summed E-state index contributed by atoms with van der Waals surface area (Å²) in [4.78, 5) is 0.347. The van der Waals surface area contributed by atoms with E-state index in [9.17, 15) is 8.42 Å². The van der Waals surface area contributed by atoms with E-state index < -0.39 is 9.84 Å². The average Bonchev–Trinajstić information content (AvgIpc) is 2.24. The molecule has 1 saturated heterocycles. The van der Waals surface area contributed by atoms with Crippen molar-refractivity contribution in [3.05, 3.63) is 24.3 Å². The highest BCUT2D eigenvalue weighted by Gasteiger charge is 2.26. The van der Waals surface area contributed by atoms with Gasteiger partial charge in [-0.05, 0) is 24.3 Å². The van der Waals surface area contributed by atoms with Gasteiger partial charge < -0.3 is 9.47 Å². The second-order valence-electron chi connectivity index (χ2n) is 3.86. The molecule has 5 heteroatoms. The third-order valence-corrected chi connectivity index (χ3v) is 4.48. The first kappa shape index (κ1) is 11.4. The van der Waals surface area contributed by atoms with Gasteiger partial charge in [-0.15, -0.1) is 0 Å². The van der Waals surface area contributed by atoms with Gasteiger partial charge in [-0.1, -0.05) is 0 Å². The zero-order chi connectivity index (χ0) is 11.6. The van der Waals surface area contributed by atoms with Gasteiger partial charge >= 0.3 is 0 Å². The second kappa shape index (κ2) is 4.43. The molecule has 1 heterocycles. The van der Waals surface area contributed by atoms with Crippen LogP contribution in [0.5, 0.6) is 5.75 Å². The number of sulfone groups is 1. The van der Waals surface area contributed by atoms with Crippen molar-refractivity contribution >= 4 is 9.84 Å². The van der Waals surface area contributed by atoms with Gasteiger partial charge in [-0.3, -0.25) is 0 Å². The van der Waals surface area contributed by atoms with E-state index >= 15 is 0 Å². The van der Waals surface area contributed by atoms with E-state index in [4.69, 9.17) is 9.47 Å². The van der Waals surface area contributed by atoms with Gasteiger partial charge in [0.2, 0.25) is 0 Å². The molecule has 1 aliphatic rings. The number of hydrogen-bond acceptors (Lipinski definition) is 4. The number of methoxy groups -OCH3 is 1. The molecule has 88 valence electrons. The first-order valence-corrected chi connectivity index (χ1v) is 6.71. The number of rotatable bonds is 4. The number of hydrogen-bond donors (Lipinski definition) is 0. The lowest BCUT2D eigenvalue weighted by molar-refractivity contribution is -0.0204. The standard InChI is InChI=1S/C11H14O4S/c1-14-10-2-4-11(5-3-10)16(12,13)8-9-6-15-7-9/h2-5,9H,6-8H2,1H3. The quantitative estimate of drug-likeness (QED) is 0.793. The van der Waals surface area contributed by atoms with E-state index in [1.54, 1.807) is 31.4 Å². The molecule has 0 amide bonds. The van der Waals surface area contributed by atoms with E-state index in [2.05, 4.69) is 0 Å². The molecule has 0 unspecified atom stereocenters. The Kier molecular flexibility index (Phi) is 3.16. The predicted molar refractivity (Wildman–Crippen MR) is 59.4 cm³/mol. The maximum atomic E-state index is 11.9. The molecular weight excluding hydrogens is 228 g/mol. The van der Waals surface area contributed by atoms with Crippen LogP contribution in [-0.2, 0) is 14.6 Å². The van der Waals surface area contributed by atoms with E-state index in [1.165, 1.54) is 0 Å². The normalized spacial score (nSPS) is 16.8. The third kappa shape index (κ3) is 2.36. The summed E-state index contributed by atoms with van der Waals surface area (Å²) in [5, 5.41) is 0. The molecule has 1 aromatic rings. The third-order valence-electron chi connectivity index (χ3n) is 2.58. The van der Waals surface area contributed by atoms with Crippen LogP contribution in [0, 0.1) is 5.92 Å². The largest absolute Gasteiger partial charge is 0.497 e. The van der Waals surface area contributed by atoms with Crippen molar-refractivity contribution in [1.29, 1.82) is 0 Å². The van der Waals surface area contributed by atoms with Crippen LogP contribution < -0.4 is 4.74 Å². The number of benzene rings is 1. The van der Waals surface area contributed by atoms with Crippen LogP contribution in [0.2, 0.25) is 0 Å². The van der Waals surface area contributed by atoms with E-state index in [1.807, 2.05) is 0 Å². The summed E-state index contributed by atoms with van der Waals surface area (Å²) in [5.41, 5.74) is 0. The summed E-state index contributed by atoms with van der Waals surface area (Å²) in [6, 6.07) is 6.47. The van der Waals surface area contributed by atoms with Crippen molar-refractivity contribution in [2.75, 3.05) is 26.1 Å². The van der Waals surface area contributed by atoms with Gasteiger partial charge in [0, 0.05) is 5.92 Å². The summed E-state index contributed by atoms with van der Waals surface area (Å²) in [7, 11) is -1.63. The molecule has 0 bridgehead atoms. The fourth-order valence-electron chi connectivity index (χ4n) is 1.57. The molecular formula is C11H14O4S. The maximum absolute atomic E-state index is 11.9. The molecule has 0 aliphatic carbocycles. The Labute approximate surface area is 95.1 Å². The van der Waals surface area contributed by atoms with Crippen LogP contribution in [0.1, 0.15) is 0 Å². The van der Waals surface area contributed by atoms with Gasteiger partial charge in [0.15, 0.2) is 9.84 Å². The minimum atomic E-state index is -3.18. The zero-order valence-corrected chi connectivity index (χ0v) is 9.87. The van der Waals surface area contributed by atoms with Crippen LogP contribution in [0.3, 0.4) is 0 Å². The highest BCUT2D eigenvalue weighted by atomic mass is 32.2. The molecule has 2 rings (SSSR count). The Hall–Kier alpha value is -1.07. The minimum absolute atomic E-state index is 0.145. The van der Waals surface area contributed by atoms with E-state index in [0.717, 1.165) is 0 Å². The van der Waals surface area contributed by atoms with Gasteiger partial charge in [-0.25, -0.2) is 8.42 Å². The molecule has 0 N–H and O–H groups in total. The molecule has 1 aromatic carbocycles.